The smallest absolute Gasteiger partial charge is 0.293 e. The Balaban J connectivity index is 0.000000967. The van der Waals surface area contributed by atoms with Gasteiger partial charge in [0.05, 0.1) is 4.88 Å². The Kier molecular flexibility index (Phi) is 15.3. The molecule has 0 atom stereocenters. The molecule has 1 aromatic carbocycles. The second-order valence-electron chi connectivity index (χ2n) is 8.36. The van der Waals surface area contributed by atoms with Gasteiger partial charge in [0.15, 0.2) is 0 Å². The summed E-state index contributed by atoms with van der Waals surface area (Å²) >= 11 is 1.39. The molecule has 1 aliphatic heterocycles. The summed E-state index contributed by atoms with van der Waals surface area (Å²) in [5.41, 5.74) is 3.69. The fourth-order valence-corrected chi connectivity index (χ4v) is 5.08. The lowest BCUT2D eigenvalue weighted by Crippen LogP contribution is -2.24. The molecule has 0 aliphatic carbocycles. The number of aromatic nitrogens is 2. The minimum Gasteiger partial charge on any atom is -0.463 e. The number of nitrogens with zero attached hydrogens (tertiary/aromatic N) is 3. The van der Waals surface area contributed by atoms with Crippen LogP contribution in [0.15, 0.2) is 24.3 Å². The SMILES string of the molecule is CC.CC.CN1CCCCC1.Cc1nc(C)c2c(C)c(C(=O)NCc3ccc(COC=O)cc3)sc2n1.[HH]. The highest BCUT2D eigenvalue weighted by atomic mass is 32.1. The second-order valence-corrected chi connectivity index (χ2v) is 9.36. The molecule has 0 spiro atoms. The Morgan fingerprint density at radius 3 is 2.16 bits per heavy atom. The average Bonchev–Trinajstić information content (AvgIpc) is 3.26. The Hall–Kier alpha value is -2.84. The maximum absolute atomic E-state index is 12.6. The van der Waals surface area contributed by atoms with Gasteiger partial charge in [-0.2, -0.15) is 0 Å². The topological polar surface area (TPSA) is 84.4 Å². The quantitative estimate of drug-likeness (QED) is 0.361. The molecule has 8 heteroatoms. The van der Waals surface area contributed by atoms with Crippen molar-refractivity contribution in [2.45, 2.75) is 80.9 Å². The van der Waals surface area contributed by atoms with Gasteiger partial charge in [-0.3, -0.25) is 9.59 Å². The second kappa shape index (κ2) is 17.6. The van der Waals surface area contributed by atoms with E-state index in [2.05, 4.69) is 27.2 Å². The molecular formula is C29H46N4O3S. The summed E-state index contributed by atoms with van der Waals surface area (Å²) in [5.74, 6) is 0.595. The van der Waals surface area contributed by atoms with Crippen molar-refractivity contribution < 1.29 is 15.8 Å². The Bertz CT molecular complexity index is 1100. The molecule has 3 aromatic rings. The van der Waals surface area contributed by atoms with Gasteiger partial charge in [0, 0.05) is 19.1 Å². The summed E-state index contributed by atoms with van der Waals surface area (Å²) in [6.45, 7) is 17.5. The van der Waals surface area contributed by atoms with Crippen molar-refractivity contribution in [1.29, 1.82) is 0 Å². The molecule has 3 heterocycles. The molecule has 1 aliphatic rings. The number of likely N-dealkylation sites (tertiary alicyclic amines) is 1. The number of fused-ring (bicyclic) bond motifs is 1. The molecule has 1 fully saturated rings. The molecule has 2 aromatic heterocycles. The fraction of sp³-hybridized carbons (Fsp3) is 0.517. The minimum atomic E-state index is -0.115. The van der Waals surface area contributed by atoms with E-state index < -0.39 is 0 Å². The van der Waals surface area contributed by atoms with Gasteiger partial charge in [0.2, 0.25) is 0 Å². The lowest BCUT2D eigenvalue weighted by atomic mass is 10.1. The van der Waals surface area contributed by atoms with Gasteiger partial charge in [-0.1, -0.05) is 58.4 Å². The van der Waals surface area contributed by atoms with Crippen LogP contribution >= 0.6 is 11.3 Å². The Morgan fingerprint density at radius 2 is 1.62 bits per heavy atom. The normalized spacial score (nSPS) is 12.6. The van der Waals surface area contributed by atoms with E-state index in [1.54, 1.807) is 0 Å². The third-order valence-electron chi connectivity index (χ3n) is 5.66. The fourth-order valence-electron chi connectivity index (χ4n) is 3.89. The van der Waals surface area contributed by atoms with E-state index in [1.807, 2.05) is 72.7 Å². The van der Waals surface area contributed by atoms with Crippen LogP contribution in [0.3, 0.4) is 0 Å². The van der Waals surface area contributed by atoms with Crippen LogP contribution in [0.4, 0.5) is 0 Å². The van der Waals surface area contributed by atoms with Crippen LogP contribution < -0.4 is 5.32 Å². The number of rotatable bonds is 6. The number of piperidine rings is 1. The van der Waals surface area contributed by atoms with E-state index in [9.17, 15) is 9.59 Å². The molecule has 0 unspecified atom stereocenters. The van der Waals surface area contributed by atoms with Gasteiger partial charge in [-0.05, 0) is 70.4 Å². The Labute approximate surface area is 228 Å². The number of carbonyl (C=O) groups is 2. The van der Waals surface area contributed by atoms with E-state index in [1.165, 1.54) is 43.7 Å². The largest absolute Gasteiger partial charge is 0.463 e. The van der Waals surface area contributed by atoms with Crippen molar-refractivity contribution in [2.75, 3.05) is 20.1 Å². The molecule has 206 valence electrons. The van der Waals surface area contributed by atoms with E-state index in [0.29, 0.717) is 23.7 Å². The maximum Gasteiger partial charge on any atom is 0.293 e. The first-order valence-electron chi connectivity index (χ1n) is 13.2. The van der Waals surface area contributed by atoms with Crippen LogP contribution in [0.5, 0.6) is 0 Å². The monoisotopic (exact) mass is 530 g/mol. The zero-order valence-corrected chi connectivity index (χ0v) is 24.6. The summed E-state index contributed by atoms with van der Waals surface area (Å²) in [6.07, 6.45) is 4.28. The third kappa shape index (κ3) is 10.2. The third-order valence-corrected chi connectivity index (χ3v) is 6.85. The summed E-state index contributed by atoms with van der Waals surface area (Å²) < 4.78 is 4.72. The number of thiophene rings is 1. The molecule has 0 saturated carbocycles. The molecule has 0 radical (unpaired) electrons. The average molecular weight is 531 g/mol. The van der Waals surface area contributed by atoms with Gasteiger partial charge >= 0.3 is 0 Å². The van der Waals surface area contributed by atoms with E-state index in [0.717, 1.165) is 32.6 Å². The molecule has 1 N–H and O–H groups in total. The first-order chi connectivity index (χ1) is 17.9. The first kappa shape index (κ1) is 32.2. The number of amides is 1. The highest BCUT2D eigenvalue weighted by Crippen LogP contribution is 2.31. The van der Waals surface area contributed by atoms with Crippen molar-refractivity contribution in [3.05, 3.63) is 57.4 Å². The number of aryl methyl sites for hydroxylation is 3. The summed E-state index contributed by atoms with van der Waals surface area (Å²) in [5, 5.41) is 3.91. The predicted molar refractivity (Wildman–Crippen MR) is 156 cm³/mol. The highest BCUT2D eigenvalue weighted by molar-refractivity contribution is 7.20. The summed E-state index contributed by atoms with van der Waals surface area (Å²) in [6, 6.07) is 7.55. The minimum absolute atomic E-state index is 0. The molecule has 4 rings (SSSR count). The predicted octanol–water partition coefficient (Wildman–Crippen LogP) is 6.62. The standard InChI is InChI=1S/C19H19N3O3S.C6H13N.2C2H6.H2/c1-11-16-12(2)21-13(3)22-19(16)26-17(11)18(24)20-8-14-4-6-15(7-5-14)9-25-10-23;1-7-5-3-2-4-6-7;2*1-2;/h4-7,10H,8-9H2,1-3H3,(H,20,24);2-6H2,1H3;2*1-2H3;1H. The number of benzene rings is 1. The molecule has 1 saturated heterocycles. The number of hydrogen-bond donors (Lipinski definition) is 1. The van der Waals surface area contributed by atoms with Crippen molar-refractivity contribution in [3.63, 3.8) is 0 Å². The molecule has 37 heavy (non-hydrogen) atoms. The van der Waals surface area contributed by atoms with Crippen LogP contribution in [-0.4, -0.2) is 47.4 Å². The van der Waals surface area contributed by atoms with E-state index in [-0.39, 0.29) is 13.9 Å². The van der Waals surface area contributed by atoms with Crippen LogP contribution in [0, 0.1) is 20.8 Å². The van der Waals surface area contributed by atoms with E-state index in [4.69, 9.17) is 4.74 Å². The molecule has 0 bridgehead atoms. The highest BCUT2D eigenvalue weighted by Gasteiger charge is 2.18. The van der Waals surface area contributed by atoms with Crippen LogP contribution in [-0.2, 0) is 22.7 Å². The van der Waals surface area contributed by atoms with Crippen molar-refractivity contribution in [1.82, 2.24) is 20.2 Å². The summed E-state index contributed by atoms with van der Waals surface area (Å²) in [7, 11) is 2.19. The van der Waals surface area contributed by atoms with Crippen LogP contribution in [0.25, 0.3) is 10.2 Å². The summed E-state index contributed by atoms with van der Waals surface area (Å²) in [4.78, 5) is 35.6. The molecule has 7 nitrogen and oxygen atoms in total. The maximum atomic E-state index is 12.6. The number of hydrogen-bond acceptors (Lipinski definition) is 7. The van der Waals surface area contributed by atoms with E-state index >= 15 is 0 Å². The van der Waals surface area contributed by atoms with Crippen LogP contribution in [0.2, 0.25) is 0 Å². The van der Waals surface area contributed by atoms with Crippen LogP contribution in [0.1, 0.15) is 86.3 Å². The van der Waals surface area contributed by atoms with Crippen molar-refractivity contribution >= 4 is 33.9 Å². The zero-order valence-electron chi connectivity index (χ0n) is 23.8. The number of ether oxygens (including phenoxy) is 1. The number of carbonyl (C=O) groups excluding carboxylic acids is 2. The van der Waals surface area contributed by atoms with Gasteiger partial charge in [-0.25, -0.2) is 9.97 Å². The van der Waals surface area contributed by atoms with Gasteiger partial charge in [0.1, 0.15) is 17.3 Å². The zero-order chi connectivity index (χ0) is 27.8. The first-order valence-corrected chi connectivity index (χ1v) is 14.0. The van der Waals surface area contributed by atoms with Gasteiger partial charge in [0.25, 0.3) is 12.4 Å². The lowest BCUT2D eigenvalue weighted by molar-refractivity contribution is -0.129. The molecular weight excluding hydrogens is 484 g/mol. The van der Waals surface area contributed by atoms with Crippen molar-refractivity contribution in [3.8, 4) is 0 Å². The van der Waals surface area contributed by atoms with Crippen molar-refractivity contribution in [2.24, 2.45) is 0 Å². The number of nitrogens with one attached hydrogen (secondary N) is 1. The Morgan fingerprint density at radius 1 is 1.03 bits per heavy atom. The lowest BCUT2D eigenvalue weighted by Gasteiger charge is -2.20. The molecule has 1 amide bonds. The van der Waals surface area contributed by atoms with Gasteiger partial charge < -0.3 is 15.0 Å². The van der Waals surface area contributed by atoms with Gasteiger partial charge in [-0.15, -0.1) is 11.3 Å².